The van der Waals surface area contributed by atoms with E-state index < -0.39 is 24.6 Å². The quantitative estimate of drug-likeness (QED) is 0.201. The predicted molar refractivity (Wildman–Crippen MR) is 139 cm³/mol. The maximum atomic E-state index is 13.4. The first-order valence-electron chi connectivity index (χ1n) is 11.7. The number of carboxylic acid groups (broad SMARTS) is 1. The summed E-state index contributed by atoms with van der Waals surface area (Å²) < 4.78 is 24.7. The first-order chi connectivity index (χ1) is 18.3. The van der Waals surface area contributed by atoms with Gasteiger partial charge in [0, 0.05) is 17.5 Å². The zero-order valence-electron chi connectivity index (χ0n) is 20.1. The van der Waals surface area contributed by atoms with Crippen LogP contribution < -0.4 is 14.8 Å². The number of anilines is 2. The highest BCUT2D eigenvalue weighted by Crippen LogP contribution is 2.32. The van der Waals surface area contributed by atoms with Gasteiger partial charge >= 0.3 is 5.97 Å². The van der Waals surface area contributed by atoms with Crippen molar-refractivity contribution in [1.82, 2.24) is 9.97 Å². The Balaban J connectivity index is 1.42. The molecule has 0 fully saturated rings. The highest BCUT2D eigenvalue weighted by atomic mass is 35.5. The molecular formula is C27H25ClFN3O6. The maximum Gasteiger partial charge on any atom is 0.305 e. The van der Waals surface area contributed by atoms with Gasteiger partial charge in [-0.05, 0) is 54.1 Å². The third-order valence-corrected chi connectivity index (χ3v) is 5.78. The van der Waals surface area contributed by atoms with Crippen LogP contribution in [0.3, 0.4) is 0 Å². The third kappa shape index (κ3) is 7.51. The van der Waals surface area contributed by atoms with Gasteiger partial charge in [0.05, 0.1) is 29.2 Å². The Kier molecular flexibility index (Phi) is 8.90. The number of carbonyl (C=O) groups is 1. The van der Waals surface area contributed by atoms with Gasteiger partial charge in [0.15, 0.2) is 0 Å². The van der Waals surface area contributed by atoms with Gasteiger partial charge in [-0.15, -0.1) is 0 Å². The van der Waals surface area contributed by atoms with Crippen molar-refractivity contribution in [2.75, 3.05) is 11.9 Å². The number of aliphatic carboxylic acids is 1. The highest BCUT2D eigenvalue weighted by molar-refractivity contribution is 6.32. The van der Waals surface area contributed by atoms with Crippen molar-refractivity contribution in [3.63, 3.8) is 0 Å². The van der Waals surface area contributed by atoms with Crippen LogP contribution in [-0.4, -0.2) is 50.1 Å². The molecule has 4 N–H and O–H groups in total. The minimum Gasteiger partial charge on any atom is -0.491 e. The molecule has 0 aliphatic heterocycles. The molecule has 4 rings (SSSR count). The van der Waals surface area contributed by atoms with Crippen molar-refractivity contribution in [3.05, 3.63) is 83.4 Å². The molecule has 3 aromatic carbocycles. The minimum absolute atomic E-state index is 0.126. The van der Waals surface area contributed by atoms with E-state index in [-0.39, 0.29) is 25.5 Å². The Morgan fingerprint density at radius 3 is 2.63 bits per heavy atom. The predicted octanol–water partition coefficient (Wildman–Crippen LogP) is 4.71. The number of rotatable bonds is 12. The standard InChI is InChI=1S/C27H25ClFN3O6/c28-23-9-18(4-7-25(23)38-13-16-2-1-3-17(29)8-16)32-27-22-12-21(5-6-24(22)30-15-31-27)37-14-20(34)10-19(33)11-26(35)36/h1-9,12,15,19-20,33-34H,10-11,13-14H2,(H,35,36)(H,30,31,32)/t19-,20+/m1/s1. The molecule has 1 aromatic heterocycles. The average molecular weight is 542 g/mol. The number of benzene rings is 3. The normalized spacial score (nSPS) is 12.6. The second kappa shape index (κ2) is 12.5. The second-order valence-electron chi connectivity index (χ2n) is 8.54. The first-order valence-corrected chi connectivity index (χ1v) is 12.0. The lowest BCUT2D eigenvalue weighted by Gasteiger charge is -2.16. The number of nitrogens with zero attached hydrogens (tertiary/aromatic N) is 2. The van der Waals surface area contributed by atoms with Crippen molar-refractivity contribution >= 4 is 40.0 Å². The fourth-order valence-corrected chi connectivity index (χ4v) is 3.94. The third-order valence-electron chi connectivity index (χ3n) is 5.48. The number of halogens is 2. The second-order valence-corrected chi connectivity index (χ2v) is 8.95. The number of ether oxygens (including phenoxy) is 2. The van der Waals surface area contributed by atoms with Crippen LogP contribution in [0.25, 0.3) is 10.9 Å². The molecule has 198 valence electrons. The molecule has 0 saturated carbocycles. The average Bonchev–Trinajstić information content (AvgIpc) is 2.87. The van der Waals surface area contributed by atoms with Gasteiger partial charge < -0.3 is 30.1 Å². The zero-order chi connectivity index (χ0) is 27.1. The smallest absolute Gasteiger partial charge is 0.305 e. The van der Waals surface area contributed by atoms with E-state index in [1.54, 1.807) is 48.5 Å². The summed E-state index contributed by atoms with van der Waals surface area (Å²) in [5.74, 6) is -0.124. The fraction of sp³-hybridized carbons (Fsp3) is 0.222. The van der Waals surface area contributed by atoms with Gasteiger partial charge in [-0.3, -0.25) is 4.79 Å². The zero-order valence-corrected chi connectivity index (χ0v) is 20.8. The van der Waals surface area contributed by atoms with Crippen molar-refractivity contribution < 1.29 is 34.0 Å². The van der Waals surface area contributed by atoms with E-state index in [4.69, 9.17) is 26.2 Å². The lowest BCUT2D eigenvalue weighted by atomic mass is 10.1. The monoisotopic (exact) mass is 541 g/mol. The Labute approximate surface area is 222 Å². The molecule has 4 aromatic rings. The Hall–Kier alpha value is -3.99. The van der Waals surface area contributed by atoms with Crippen LogP contribution in [0, 0.1) is 5.82 Å². The van der Waals surface area contributed by atoms with E-state index in [0.29, 0.717) is 44.5 Å². The van der Waals surface area contributed by atoms with Gasteiger partial charge in [0.1, 0.15) is 42.7 Å². The fourth-order valence-electron chi connectivity index (χ4n) is 3.70. The first kappa shape index (κ1) is 27.1. The molecule has 0 saturated heterocycles. The van der Waals surface area contributed by atoms with Gasteiger partial charge in [0.25, 0.3) is 0 Å². The van der Waals surface area contributed by atoms with Crippen LogP contribution in [0.5, 0.6) is 11.5 Å². The Bertz CT molecular complexity index is 1420. The van der Waals surface area contributed by atoms with E-state index >= 15 is 0 Å². The van der Waals surface area contributed by atoms with Crippen molar-refractivity contribution in [1.29, 1.82) is 0 Å². The van der Waals surface area contributed by atoms with Gasteiger partial charge in [-0.2, -0.15) is 0 Å². The van der Waals surface area contributed by atoms with Crippen LogP contribution in [-0.2, 0) is 11.4 Å². The Morgan fingerprint density at radius 2 is 1.87 bits per heavy atom. The number of hydrogen-bond donors (Lipinski definition) is 4. The molecule has 0 aliphatic rings. The van der Waals surface area contributed by atoms with Gasteiger partial charge in [-0.1, -0.05) is 23.7 Å². The molecule has 0 bridgehead atoms. The summed E-state index contributed by atoms with van der Waals surface area (Å²) in [6.07, 6.45) is -1.39. The van der Waals surface area contributed by atoms with E-state index in [2.05, 4.69) is 15.3 Å². The summed E-state index contributed by atoms with van der Waals surface area (Å²) in [5, 5.41) is 32.7. The van der Waals surface area contributed by atoms with E-state index in [9.17, 15) is 19.4 Å². The number of hydrogen-bond acceptors (Lipinski definition) is 8. The van der Waals surface area contributed by atoms with Crippen molar-refractivity contribution in [3.8, 4) is 11.5 Å². The topological polar surface area (TPSA) is 134 Å². The number of fused-ring (bicyclic) bond motifs is 1. The molecule has 0 amide bonds. The molecule has 0 spiro atoms. The molecule has 2 atom stereocenters. The summed E-state index contributed by atoms with van der Waals surface area (Å²) in [5.41, 5.74) is 1.97. The van der Waals surface area contributed by atoms with Crippen molar-refractivity contribution in [2.45, 2.75) is 31.7 Å². The highest BCUT2D eigenvalue weighted by Gasteiger charge is 2.16. The SMILES string of the molecule is O=C(O)C[C@H](O)C[C@H](O)COc1ccc2ncnc(Nc3ccc(OCc4cccc(F)c4)c(Cl)c3)c2c1. The number of aliphatic hydroxyl groups excluding tert-OH is 2. The lowest BCUT2D eigenvalue weighted by Crippen LogP contribution is -2.25. The lowest BCUT2D eigenvalue weighted by molar-refractivity contribution is -0.139. The van der Waals surface area contributed by atoms with Crippen LogP contribution in [0.4, 0.5) is 15.9 Å². The number of nitrogens with one attached hydrogen (secondary N) is 1. The molecule has 0 aliphatic carbocycles. The van der Waals surface area contributed by atoms with E-state index in [1.807, 2.05) is 0 Å². The number of carboxylic acids is 1. The van der Waals surface area contributed by atoms with Gasteiger partial charge in [-0.25, -0.2) is 14.4 Å². The van der Waals surface area contributed by atoms with E-state index in [0.717, 1.165) is 0 Å². The number of aliphatic hydroxyl groups is 2. The van der Waals surface area contributed by atoms with Crippen LogP contribution in [0.15, 0.2) is 67.0 Å². The summed E-state index contributed by atoms with van der Waals surface area (Å²) >= 11 is 6.41. The van der Waals surface area contributed by atoms with Crippen LogP contribution in [0.2, 0.25) is 5.02 Å². The minimum atomic E-state index is -1.17. The summed E-state index contributed by atoms with van der Waals surface area (Å²) in [6, 6.07) is 16.4. The summed E-state index contributed by atoms with van der Waals surface area (Å²) in [6.45, 7) is 0.0299. The molecule has 9 nitrogen and oxygen atoms in total. The van der Waals surface area contributed by atoms with E-state index in [1.165, 1.54) is 18.5 Å². The maximum absolute atomic E-state index is 13.4. The van der Waals surface area contributed by atoms with Crippen LogP contribution >= 0.6 is 11.6 Å². The molecule has 38 heavy (non-hydrogen) atoms. The molecule has 0 unspecified atom stereocenters. The largest absolute Gasteiger partial charge is 0.491 e. The van der Waals surface area contributed by atoms with Gasteiger partial charge in [0.2, 0.25) is 0 Å². The molecule has 1 heterocycles. The number of aromatic nitrogens is 2. The molecule has 11 heteroatoms. The molecule has 0 radical (unpaired) electrons. The van der Waals surface area contributed by atoms with Crippen molar-refractivity contribution in [2.24, 2.45) is 0 Å². The molecular weight excluding hydrogens is 517 g/mol. The Morgan fingerprint density at radius 1 is 1.03 bits per heavy atom. The summed E-state index contributed by atoms with van der Waals surface area (Å²) in [7, 11) is 0. The van der Waals surface area contributed by atoms with Crippen LogP contribution in [0.1, 0.15) is 18.4 Å². The summed E-state index contributed by atoms with van der Waals surface area (Å²) in [4.78, 5) is 19.2.